The van der Waals surface area contributed by atoms with E-state index in [1.54, 1.807) is 37.9 Å². The molecule has 1 amide bonds. The molecule has 2 aromatic rings. The number of aryl methyl sites for hydroxylation is 1. The van der Waals surface area contributed by atoms with Crippen LogP contribution >= 0.6 is 23.5 Å². The second-order valence-electron chi connectivity index (χ2n) is 10.2. The van der Waals surface area contributed by atoms with Crippen molar-refractivity contribution >= 4 is 60.5 Å². The maximum Gasteiger partial charge on any atom is 0.273 e. The normalized spacial score (nSPS) is 30.4. The predicted molar refractivity (Wildman–Crippen MR) is 155 cm³/mol. The Bertz CT molecular complexity index is 1530. The number of hydrogen-bond acceptors (Lipinski definition) is 10. The molecule has 200 valence electrons. The summed E-state index contributed by atoms with van der Waals surface area (Å²) in [6.07, 6.45) is 3.34. The highest BCUT2D eigenvalue weighted by Gasteiger charge is 2.51. The van der Waals surface area contributed by atoms with Gasteiger partial charge in [0.15, 0.2) is 20.6 Å². The topological polar surface area (TPSA) is 126 Å². The molecule has 3 atom stereocenters. The highest BCUT2D eigenvalue weighted by molar-refractivity contribution is 8.16. The Balaban J connectivity index is 1.42. The molecule has 38 heavy (non-hydrogen) atoms. The van der Waals surface area contributed by atoms with Crippen LogP contribution < -0.4 is 5.32 Å². The van der Waals surface area contributed by atoms with Crippen molar-refractivity contribution in [1.82, 2.24) is 10.3 Å². The number of thioether (sulfide) groups is 2. The predicted octanol–water partition coefficient (Wildman–Crippen LogP) is 3.91. The smallest absolute Gasteiger partial charge is 0.273 e. The average molecular weight is 572 g/mol. The van der Waals surface area contributed by atoms with E-state index in [1.807, 2.05) is 51.1 Å². The van der Waals surface area contributed by atoms with Gasteiger partial charge in [-0.15, -0.1) is 23.5 Å². The van der Waals surface area contributed by atoms with Gasteiger partial charge in [-0.05, 0) is 39.3 Å². The summed E-state index contributed by atoms with van der Waals surface area (Å²) >= 11 is 3.11. The number of sulfone groups is 1. The Morgan fingerprint density at radius 1 is 0.974 bits per heavy atom. The first-order valence-corrected chi connectivity index (χ1v) is 15.7. The van der Waals surface area contributed by atoms with Crippen LogP contribution in [0.1, 0.15) is 48.5 Å². The second-order valence-corrected chi connectivity index (χ2v) is 14.1. The van der Waals surface area contributed by atoms with E-state index in [0.29, 0.717) is 28.2 Å². The Morgan fingerprint density at radius 3 is 2.29 bits per heavy atom. The van der Waals surface area contributed by atoms with E-state index in [9.17, 15) is 13.2 Å². The van der Waals surface area contributed by atoms with Crippen LogP contribution in [-0.4, -0.2) is 69.8 Å². The third-order valence-electron chi connectivity index (χ3n) is 6.66. The maximum atomic E-state index is 13.0. The van der Waals surface area contributed by atoms with Gasteiger partial charge in [0.25, 0.3) is 5.91 Å². The van der Waals surface area contributed by atoms with Gasteiger partial charge in [-0.25, -0.2) is 13.4 Å². The molecule has 5 rings (SSSR count). The number of aromatic nitrogens is 1. The third-order valence-corrected chi connectivity index (χ3v) is 11.5. The third kappa shape index (κ3) is 4.77. The van der Waals surface area contributed by atoms with Crippen LogP contribution in [-0.2, 0) is 15.4 Å². The first-order valence-electron chi connectivity index (χ1n) is 12.1. The number of hydrogen-bond donors (Lipinski definition) is 1. The summed E-state index contributed by atoms with van der Waals surface area (Å²) in [5.41, 5.74) is -1.16. The van der Waals surface area contributed by atoms with Gasteiger partial charge in [-0.3, -0.25) is 19.8 Å². The average Bonchev–Trinajstić information content (AvgIpc) is 3.63. The van der Waals surface area contributed by atoms with Gasteiger partial charge in [-0.1, -0.05) is 36.4 Å². The zero-order chi connectivity index (χ0) is 27.3. The van der Waals surface area contributed by atoms with E-state index in [2.05, 4.69) is 15.3 Å². The van der Waals surface area contributed by atoms with E-state index in [-0.39, 0.29) is 22.4 Å². The zero-order valence-corrected chi connectivity index (χ0v) is 24.3. The van der Waals surface area contributed by atoms with Crippen molar-refractivity contribution in [2.24, 2.45) is 15.0 Å². The lowest BCUT2D eigenvalue weighted by atomic mass is 10.0. The lowest BCUT2D eigenvalue weighted by Gasteiger charge is -2.20. The molecule has 1 N–H and O–H groups in total. The molecule has 0 saturated heterocycles. The molecule has 0 radical (unpaired) electrons. The molecule has 1 aromatic heterocycles. The fourth-order valence-electron chi connectivity index (χ4n) is 4.49. The Hall–Kier alpha value is -2.70. The lowest BCUT2D eigenvalue weighted by Crippen LogP contribution is -2.35. The van der Waals surface area contributed by atoms with Crippen molar-refractivity contribution in [2.45, 2.75) is 44.3 Å². The van der Waals surface area contributed by atoms with Crippen LogP contribution in [0.2, 0.25) is 0 Å². The largest absolute Gasteiger partial charge is 0.442 e. The highest BCUT2D eigenvalue weighted by Crippen LogP contribution is 2.45. The van der Waals surface area contributed by atoms with Crippen molar-refractivity contribution in [3.05, 3.63) is 59.3 Å². The lowest BCUT2D eigenvalue weighted by molar-refractivity contribution is 0.0957. The van der Waals surface area contributed by atoms with Gasteiger partial charge in [0.05, 0.1) is 15.8 Å². The second kappa shape index (κ2) is 9.49. The number of benzene rings is 1. The molecule has 3 aliphatic heterocycles. The molecule has 4 heterocycles. The van der Waals surface area contributed by atoms with Gasteiger partial charge in [-0.2, -0.15) is 0 Å². The summed E-state index contributed by atoms with van der Waals surface area (Å²) in [6, 6.07) is 9.53. The minimum absolute atomic E-state index is 0.0760. The molecule has 0 fully saturated rings. The fraction of sp³-hybridized carbons (Fsp3) is 0.423. The molecule has 1 aromatic carbocycles. The van der Waals surface area contributed by atoms with E-state index in [1.165, 1.54) is 11.8 Å². The number of nitrogens with one attached hydrogen (secondary N) is 1. The molecular formula is C26H29N5O4S3. The summed E-state index contributed by atoms with van der Waals surface area (Å²) in [4.78, 5) is 31.2. The standard InChI is InChI=1S/C26H29N5O4S3/c1-16-19(20(32)27-5)28-21(35-16)24(2)13-36-22(30-24)25(3)14-37-23(31-25)26(4)15-38(33,34)18(29-26)12-11-17-9-7-6-8-10-17/h6-12H,13-15H2,1-5H3,(H,27,32)/b12-11+/t24-,25-,26-/m0/s1. The maximum absolute atomic E-state index is 13.0. The molecule has 0 bridgehead atoms. The summed E-state index contributed by atoms with van der Waals surface area (Å²) in [7, 11) is -1.99. The quantitative estimate of drug-likeness (QED) is 0.557. The monoisotopic (exact) mass is 571 g/mol. The Morgan fingerprint density at radius 2 is 1.61 bits per heavy atom. The summed E-state index contributed by atoms with van der Waals surface area (Å²) < 4.78 is 31.8. The summed E-state index contributed by atoms with van der Waals surface area (Å²) in [5, 5.41) is 4.18. The van der Waals surface area contributed by atoms with E-state index in [4.69, 9.17) is 14.4 Å². The molecule has 0 saturated carbocycles. The zero-order valence-electron chi connectivity index (χ0n) is 21.8. The Labute approximate surface area is 230 Å². The van der Waals surface area contributed by atoms with Crippen LogP contribution in [0.15, 0.2) is 55.8 Å². The molecule has 9 nitrogen and oxygen atoms in total. The van der Waals surface area contributed by atoms with Gasteiger partial charge in [0, 0.05) is 18.6 Å². The summed E-state index contributed by atoms with van der Waals surface area (Å²) in [5.74, 6) is 1.64. The number of carbonyl (C=O) groups excluding carboxylic acids is 1. The SMILES string of the molecule is CNC(=O)c1nc([C@]2(C)CSC([C@]3(C)CSC([C@]4(C)CS(=O)(=O)C(/C=C/c5ccccc5)=N4)=N3)=N2)oc1C. The van der Waals surface area contributed by atoms with Crippen LogP contribution in [0.5, 0.6) is 0 Å². The van der Waals surface area contributed by atoms with Crippen molar-refractivity contribution in [1.29, 1.82) is 0 Å². The van der Waals surface area contributed by atoms with E-state index in [0.717, 1.165) is 10.6 Å². The van der Waals surface area contributed by atoms with Crippen molar-refractivity contribution in [3.63, 3.8) is 0 Å². The molecule has 0 aliphatic carbocycles. The number of rotatable bonds is 6. The van der Waals surface area contributed by atoms with Gasteiger partial charge in [0.2, 0.25) is 5.89 Å². The van der Waals surface area contributed by atoms with Crippen LogP contribution in [0.25, 0.3) is 6.08 Å². The molecule has 3 aliphatic rings. The number of oxazole rings is 1. The van der Waals surface area contributed by atoms with Gasteiger partial charge in [0.1, 0.15) is 22.4 Å². The van der Waals surface area contributed by atoms with E-state index < -0.39 is 26.5 Å². The number of amides is 1. The van der Waals surface area contributed by atoms with Crippen LogP contribution in [0.4, 0.5) is 0 Å². The summed E-state index contributed by atoms with van der Waals surface area (Å²) in [6.45, 7) is 7.48. The van der Waals surface area contributed by atoms with Gasteiger partial charge < -0.3 is 9.73 Å². The molecule has 12 heteroatoms. The molecule has 0 spiro atoms. The molecule has 0 unspecified atom stereocenters. The fourth-order valence-corrected chi connectivity index (χ4v) is 9.00. The Kier molecular flexibility index (Phi) is 6.72. The number of carbonyl (C=O) groups is 1. The van der Waals surface area contributed by atoms with E-state index >= 15 is 0 Å². The minimum Gasteiger partial charge on any atom is -0.442 e. The molecular weight excluding hydrogens is 543 g/mol. The first kappa shape index (κ1) is 26.9. The van der Waals surface area contributed by atoms with Crippen molar-refractivity contribution in [3.8, 4) is 0 Å². The number of aliphatic imine (C=N–C) groups is 3. The highest BCUT2D eigenvalue weighted by atomic mass is 32.2. The van der Waals surface area contributed by atoms with Crippen molar-refractivity contribution in [2.75, 3.05) is 24.3 Å². The first-order chi connectivity index (χ1) is 17.9. The van der Waals surface area contributed by atoms with Crippen LogP contribution in [0, 0.1) is 6.92 Å². The van der Waals surface area contributed by atoms with Crippen molar-refractivity contribution < 1.29 is 17.6 Å². The number of nitrogens with zero attached hydrogens (tertiary/aromatic N) is 4. The van der Waals surface area contributed by atoms with Gasteiger partial charge >= 0.3 is 0 Å². The van der Waals surface area contributed by atoms with Crippen LogP contribution in [0.3, 0.4) is 0 Å². The minimum atomic E-state index is -3.54.